The number of ether oxygens (including phenoxy) is 1. The molecule has 1 saturated heterocycles. The zero-order valence-electron chi connectivity index (χ0n) is 20.3. The molecule has 3 aromatic rings. The number of amides is 2. The van der Waals surface area contributed by atoms with Crippen molar-refractivity contribution in [1.82, 2.24) is 9.88 Å². The Kier molecular flexibility index (Phi) is 7.81. The van der Waals surface area contributed by atoms with Crippen molar-refractivity contribution in [2.75, 3.05) is 23.7 Å². The highest BCUT2D eigenvalue weighted by Crippen LogP contribution is 2.28. The van der Waals surface area contributed by atoms with Crippen molar-refractivity contribution in [3.05, 3.63) is 65.5 Å². The van der Waals surface area contributed by atoms with Crippen molar-refractivity contribution in [3.8, 4) is 11.3 Å². The van der Waals surface area contributed by atoms with Crippen LogP contribution in [0, 0.1) is 5.92 Å². The molecule has 2 amide bonds. The number of hydrogen-bond acceptors (Lipinski definition) is 6. The summed E-state index contributed by atoms with van der Waals surface area (Å²) in [6, 6.07) is 17.3. The summed E-state index contributed by atoms with van der Waals surface area (Å²) in [5.41, 5.74) is 3.86. The molecule has 2 N–H and O–H groups in total. The summed E-state index contributed by atoms with van der Waals surface area (Å²) in [4.78, 5) is 31.7. The molecule has 2 aromatic carbocycles. The van der Waals surface area contributed by atoms with Gasteiger partial charge in [-0.3, -0.25) is 9.69 Å². The molecule has 1 atom stereocenters. The van der Waals surface area contributed by atoms with E-state index in [-0.39, 0.29) is 12.5 Å². The number of anilines is 2. The Hall–Kier alpha value is -3.39. The average molecular weight is 505 g/mol. The maximum Gasteiger partial charge on any atom is 0.410 e. The zero-order chi connectivity index (χ0) is 24.7. The van der Waals surface area contributed by atoms with Crippen LogP contribution in [0.2, 0.25) is 0 Å². The molecule has 0 unspecified atom stereocenters. The van der Waals surface area contributed by atoms with Crippen molar-refractivity contribution in [1.29, 1.82) is 0 Å². The molecule has 1 aliphatic heterocycles. The molecular weight excluding hydrogens is 472 g/mol. The third-order valence-corrected chi connectivity index (χ3v) is 7.74. The Morgan fingerprint density at radius 2 is 1.78 bits per heavy atom. The molecule has 5 rings (SSSR count). The molecular formula is C28H32N4O3S. The second-order valence-electron chi connectivity index (χ2n) is 9.53. The number of likely N-dealkylation sites (tertiary alicyclic amines) is 1. The molecule has 0 spiro atoms. The number of nitrogens with one attached hydrogen (secondary N) is 2. The lowest BCUT2D eigenvalue weighted by Crippen LogP contribution is -2.43. The number of aromatic nitrogens is 1. The standard InChI is InChI=1S/C28H32N4O3S/c33-26(25-11-6-16-32(25)28(34)35-18-21-9-2-1-3-10-21)31-27-30-24(19-36-27)22-12-14-23(15-13-22)29-17-20-7-4-5-8-20/h1-3,9-10,12-15,19-20,25,29H,4-8,11,16-18H2,(H,30,31,33)/t25-/m0/s1. The minimum absolute atomic E-state index is 0.190. The quantitative estimate of drug-likeness (QED) is 0.384. The summed E-state index contributed by atoms with van der Waals surface area (Å²) < 4.78 is 5.45. The summed E-state index contributed by atoms with van der Waals surface area (Å²) in [7, 11) is 0. The van der Waals surface area contributed by atoms with Crippen LogP contribution in [0.25, 0.3) is 11.3 Å². The number of thiazole rings is 1. The van der Waals surface area contributed by atoms with E-state index in [4.69, 9.17) is 4.74 Å². The summed E-state index contributed by atoms with van der Waals surface area (Å²) in [5.74, 6) is 0.562. The van der Waals surface area contributed by atoms with Crippen molar-refractivity contribution in [2.24, 2.45) is 5.92 Å². The molecule has 1 aliphatic carbocycles. The molecule has 8 heteroatoms. The van der Waals surface area contributed by atoms with E-state index in [1.807, 2.05) is 35.7 Å². The molecule has 2 fully saturated rings. The average Bonchev–Trinajstić information content (AvgIpc) is 3.69. The van der Waals surface area contributed by atoms with Gasteiger partial charge < -0.3 is 15.4 Å². The van der Waals surface area contributed by atoms with Crippen molar-refractivity contribution in [3.63, 3.8) is 0 Å². The number of hydrogen-bond donors (Lipinski definition) is 2. The Balaban J connectivity index is 1.14. The van der Waals surface area contributed by atoms with E-state index in [0.717, 1.165) is 41.4 Å². The van der Waals surface area contributed by atoms with Crippen LogP contribution in [0.3, 0.4) is 0 Å². The molecule has 1 saturated carbocycles. The Morgan fingerprint density at radius 1 is 1.00 bits per heavy atom. The second-order valence-corrected chi connectivity index (χ2v) is 10.4. The number of carbonyl (C=O) groups excluding carboxylic acids is 2. The summed E-state index contributed by atoms with van der Waals surface area (Å²) in [6.45, 7) is 1.73. The van der Waals surface area contributed by atoms with Gasteiger partial charge in [0.05, 0.1) is 5.69 Å². The number of rotatable bonds is 8. The smallest absolute Gasteiger partial charge is 0.410 e. The van der Waals surface area contributed by atoms with Crippen molar-refractivity contribution in [2.45, 2.75) is 51.2 Å². The fourth-order valence-electron chi connectivity index (χ4n) is 4.95. The predicted molar refractivity (Wildman–Crippen MR) is 143 cm³/mol. The van der Waals surface area contributed by atoms with Crippen LogP contribution >= 0.6 is 11.3 Å². The maximum atomic E-state index is 13.0. The lowest BCUT2D eigenvalue weighted by molar-refractivity contribution is -0.120. The van der Waals surface area contributed by atoms with Gasteiger partial charge in [-0.05, 0) is 49.3 Å². The zero-order valence-corrected chi connectivity index (χ0v) is 21.1. The van der Waals surface area contributed by atoms with Crippen LogP contribution in [0.1, 0.15) is 44.1 Å². The SMILES string of the molecule is O=C(Nc1nc(-c2ccc(NCC3CCCC3)cc2)cs1)[C@@H]1CCCN1C(=O)OCc1ccccc1. The number of carbonyl (C=O) groups is 2. The van der Waals surface area contributed by atoms with Crippen LogP contribution in [0.15, 0.2) is 60.0 Å². The first-order valence-electron chi connectivity index (χ1n) is 12.7. The first-order chi connectivity index (χ1) is 17.7. The Bertz CT molecular complexity index is 1160. The molecule has 1 aromatic heterocycles. The van der Waals surface area contributed by atoms with Crippen molar-refractivity contribution >= 4 is 34.2 Å². The van der Waals surface area contributed by atoms with E-state index >= 15 is 0 Å². The highest BCUT2D eigenvalue weighted by atomic mass is 32.1. The highest BCUT2D eigenvalue weighted by molar-refractivity contribution is 7.14. The van der Waals surface area contributed by atoms with Gasteiger partial charge in [-0.1, -0.05) is 55.3 Å². The third-order valence-electron chi connectivity index (χ3n) is 6.98. The summed E-state index contributed by atoms with van der Waals surface area (Å²) in [6.07, 6.45) is 6.27. The van der Waals surface area contributed by atoms with Crippen LogP contribution in [0.4, 0.5) is 15.6 Å². The van der Waals surface area contributed by atoms with Gasteiger partial charge in [0, 0.05) is 29.7 Å². The molecule has 7 nitrogen and oxygen atoms in total. The van der Waals surface area contributed by atoms with E-state index in [9.17, 15) is 9.59 Å². The predicted octanol–water partition coefficient (Wildman–Crippen LogP) is 6.15. The first kappa shape index (κ1) is 24.3. The fraction of sp³-hybridized carbons (Fsp3) is 0.393. The monoisotopic (exact) mass is 504 g/mol. The van der Waals surface area contributed by atoms with Gasteiger partial charge in [0.2, 0.25) is 5.91 Å². The Morgan fingerprint density at radius 3 is 2.56 bits per heavy atom. The maximum absolute atomic E-state index is 13.0. The normalized spacial score (nSPS) is 17.8. The van der Waals surface area contributed by atoms with E-state index < -0.39 is 12.1 Å². The lowest BCUT2D eigenvalue weighted by atomic mass is 10.1. The molecule has 0 bridgehead atoms. The Labute approximate surface area is 215 Å². The highest BCUT2D eigenvalue weighted by Gasteiger charge is 2.35. The summed E-state index contributed by atoms with van der Waals surface area (Å²) in [5, 5.41) is 8.92. The van der Waals surface area contributed by atoms with Gasteiger partial charge >= 0.3 is 6.09 Å². The number of nitrogens with zero attached hydrogens (tertiary/aromatic N) is 2. The van der Waals surface area contributed by atoms with Crippen LogP contribution in [-0.2, 0) is 16.1 Å². The van der Waals surface area contributed by atoms with Crippen LogP contribution < -0.4 is 10.6 Å². The molecule has 0 radical (unpaired) electrons. The minimum atomic E-state index is -0.550. The van der Waals surface area contributed by atoms with Gasteiger partial charge in [0.15, 0.2) is 5.13 Å². The van der Waals surface area contributed by atoms with Crippen LogP contribution in [0.5, 0.6) is 0 Å². The fourth-order valence-corrected chi connectivity index (χ4v) is 5.67. The largest absolute Gasteiger partial charge is 0.445 e. The lowest BCUT2D eigenvalue weighted by Gasteiger charge is -2.22. The molecule has 36 heavy (non-hydrogen) atoms. The van der Waals surface area contributed by atoms with E-state index in [0.29, 0.717) is 18.1 Å². The minimum Gasteiger partial charge on any atom is -0.445 e. The van der Waals surface area contributed by atoms with E-state index in [1.165, 1.54) is 41.9 Å². The molecule has 2 heterocycles. The third kappa shape index (κ3) is 6.05. The van der Waals surface area contributed by atoms with E-state index in [1.54, 1.807) is 0 Å². The molecule has 2 aliphatic rings. The van der Waals surface area contributed by atoms with Gasteiger partial charge in [0.1, 0.15) is 12.6 Å². The topological polar surface area (TPSA) is 83.6 Å². The molecule has 188 valence electrons. The van der Waals surface area contributed by atoms with Gasteiger partial charge in [-0.15, -0.1) is 11.3 Å². The number of benzene rings is 2. The van der Waals surface area contributed by atoms with Gasteiger partial charge in [-0.2, -0.15) is 0 Å². The van der Waals surface area contributed by atoms with Gasteiger partial charge in [0.25, 0.3) is 0 Å². The van der Waals surface area contributed by atoms with E-state index in [2.05, 4.69) is 39.9 Å². The van der Waals surface area contributed by atoms with Crippen LogP contribution in [-0.4, -0.2) is 41.0 Å². The summed E-state index contributed by atoms with van der Waals surface area (Å²) >= 11 is 1.39. The van der Waals surface area contributed by atoms with Gasteiger partial charge in [-0.25, -0.2) is 9.78 Å². The first-order valence-corrected chi connectivity index (χ1v) is 13.6. The van der Waals surface area contributed by atoms with Crippen molar-refractivity contribution < 1.29 is 14.3 Å². The second kappa shape index (κ2) is 11.6.